The molecule has 202 valence electrons. The van der Waals surface area contributed by atoms with Gasteiger partial charge in [-0.05, 0) is 37.1 Å². The normalized spacial score (nSPS) is 11.0. The van der Waals surface area contributed by atoms with E-state index in [-0.39, 0.29) is 11.7 Å². The fraction of sp³-hybridized carbons (Fsp3) is 0.767. The molecule has 0 aliphatic heterocycles. The van der Waals surface area contributed by atoms with Crippen LogP contribution in [-0.2, 0) is 9.53 Å². The largest absolute Gasteiger partial charge is 0.508 e. The predicted molar refractivity (Wildman–Crippen MR) is 146 cm³/mol. The zero-order valence-electron chi connectivity index (χ0n) is 22.5. The van der Waals surface area contributed by atoms with Crippen LogP contribution in [0.2, 0.25) is 0 Å². The van der Waals surface area contributed by atoms with Crippen LogP contribution in [0, 0.1) is 0 Å². The number of hydrogen-bond acceptors (Lipinski definition) is 4. The number of ether oxygens (including phenoxy) is 2. The molecule has 1 aromatic rings. The van der Waals surface area contributed by atoms with Crippen molar-refractivity contribution in [1.82, 2.24) is 5.32 Å². The molecule has 35 heavy (non-hydrogen) atoms. The number of carbonyl (C=O) groups is 1. The molecule has 1 rings (SSSR count). The van der Waals surface area contributed by atoms with Gasteiger partial charge in [0.1, 0.15) is 18.1 Å². The number of carbonyl (C=O) groups excluding carboxylic acids is 1. The quantitative estimate of drug-likeness (QED) is 0.136. The number of phenolic OH excluding ortho intramolecular Hbond substituents is 1. The lowest BCUT2D eigenvalue weighted by Crippen LogP contribution is -2.28. The summed E-state index contributed by atoms with van der Waals surface area (Å²) in [6, 6.07) is 6.56. The van der Waals surface area contributed by atoms with Crippen molar-refractivity contribution >= 4 is 5.91 Å². The third kappa shape index (κ3) is 21.3. The third-order valence-corrected chi connectivity index (χ3v) is 6.36. The van der Waals surface area contributed by atoms with E-state index in [1.165, 1.54) is 96.3 Å². The van der Waals surface area contributed by atoms with E-state index in [4.69, 9.17) is 9.47 Å². The molecule has 1 aromatic carbocycles. The van der Waals surface area contributed by atoms with E-state index in [0.29, 0.717) is 31.9 Å². The summed E-state index contributed by atoms with van der Waals surface area (Å²) in [5.41, 5.74) is 0. The summed E-state index contributed by atoms with van der Waals surface area (Å²) in [5, 5.41) is 12.1. The van der Waals surface area contributed by atoms with Gasteiger partial charge in [0.15, 0.2) is 0 Å². The maximum absolute atomic E-state index is 11.8. The van der Waals surface area contributed by atoms with Gasteiger partial charge in [0.25, 0.3) is 0 Å². The predicted octanol–water partition coefficient (Wildman–Crippen LogP) is 7.95. The van der Waals surface area contributed by atoms with E-state index in [2.05, 4.69) is 12.2 Å². The minimum absolute atomic E-state index is 0.0327. The summed E-state index contributed by atoms with van der Waals surface area (Å²) in [6.07, 6.45) is 23.3. The molecule has 0 saturated heterocycles. The Hall–Kier alpha value is -1.75. The number of phenols is 1. The van der Waals surface area contributed by atoms with Gasteiger partial charge in [0.2, 0.25) is 5.91 Å². The Bertz CT molecular complexity index is 591. The Balaban J connectivity index is 1.72. The molecule has 5 heteroatoms. The van der Waals surface area contributed by atoms with Crippen LogP contribution >= 0.6 is 0 Å². The topological polar surface area (TPSA) is 67.8 Å². The number of rotatable bonds is 25. The highest BCUT2D eigenvalue weighted by atomic mass is 16.5. The van der Waals surface area contributed by atoms with E-state index in [1.54, 1.807) is 24.3 Å². The zero-order chi connectivity index (χ0) is 25.2. The molecule has 0 bridgehead atoms. The van der Waals surface area contributed by atoms with Crippen LogP contribution in [0.4, 0.5) is 0 Å². The molecule has 0 unspecified atom stereocenters. The molecule has 0 spiro atoms. The Morgan fingerprint density at radius 3 is 1.71 bits per heavy atom. The van der Waals surface area contributed by atoms with Gasteiger partial charge in [-0.15, -0.1) is 0 Å². The first-order chi connectivity index (χ1) is 17.2. The number of benzene rings is 1. The first-order valence-corrected chi connectivity index (χ1v) is 14.5. The molecular formula is C30H53NO4. The van der Waals surface area contributed by atoms with E-state index in [9.17, 15) is 9.90 Å². The van der Waals surface area contributed by atoms with Gasteiger partial charge < -0.3 is 19.9 Å². The monoisotopic (exact) mass is 491 g/mol. The van der Waals surface area contributed by atoms with Gasteiger partial charge in [-0.2, -0.15) is 0 Å². The third-order valence-electron chi connectivity index (χ3n) is 6.36. The van der Waals surface area contributed by atoms with Crippen LogP contribution in [-0.4, -0.2) is 37.4 Å². The van der Waals surface area contributed by atoms with E-state index >= 15 is 0 Å². The van der Waals surface area contributed by atoms with Crippen molar-refractivity contribution in [2.45, 2.75) is 122 Å². The Kier molecular flexibility index (Phi) is 21.4. The van der Waals surface area contributed by atoms with Crippen molar-refractivity contribution in [2.24, 2.45) is 0 Å². The highest BCUT2D eigenvalue weighted by Crippen LogP contribution is 2.16. The first-order valence-electron chi connectivity index (χ1n) is 14.5. The van der Waals surface area contributed by atoms with Crippen molar-refractivity contribution in [3.63, 3.8) is 0 Å². The highest BCUT2D eigenvalue weighted by Gasteiger charge is 2.01. The van der Waals surface area contributed by atoms with Gasteiger partial charge >= 0.3 is 0 Å². The lowest BCUT2D eigenvalue weighted by Gasteiger charge is -2.08. The van der Waals surface area contributed by atoms with Gasteiger partial charge in [-0.25, -0.2) is 0 Å². The summed E-state index contributed by atoms with van der Waals surface area (Å²) in [5.74, 6) is 0.924. The average Bonchev–Trinajstić information content (AvgIpc) is 2.86. The molecule has 0 radical (unpaired) electrons. The van der Waals surface area contributed by atoms with E-state index < -0.39 is 0 Å². The van der Waals surface area contributed by atoms with Crippen LogP contribution in [0.5, 0.6) is 11.5 Å². The smallest absolute Gasteiger partial charge is 0.220 e. The Labute approximate surface area is 215 Å². The van der Waals surface area contributed by atoms with Crippen molar-refractivity contribution in [1.29, 1.82) is 0 Å². The minimum atomic E-state index is 0.0327. The van der Waals surface area contributed by atoms with Gasteiger partial charge in [0, 0.05) is 19.6 Å². The number of amides is 1. The van der Waals surface area contributed by atoms with Crippen LogP contribution in [0.15, 0.2) is 24.3 Å². The summed E-state index contributed by atoms with van der Waals surface area (Å²) < 4.78 is 11.2. The molecule has 1 amide bonds. The highest BCUT2D eigenvalue weighted by molar-refractivity contribution is 5.75. The van der Waals surface area contributed by atoms with Crippen LogP contribution in [0.1, 0.15) is 122 Å². The van der Waals surface area contributed by atoms with Crippen LogP contribution in [0.25, 0.3) is 0 Å². The summed E-state index contributed by atoms with van der Waals surface area (Å²) in [4.78, 5) is 11.8. The Morgan fingerprint density at radius 1 is 0.686 bits per heavy atom. The minimum Gasteiger partial charge on any atom is -0.508 e. The van der Waals surface area contributed by atoms with Gasteiger partial charge in [-0.1, -0.05) is 103 Å². The SMILES string of the molecule is CCCCCCCCCCCCCCCCCCOCCCC(=O)NCCOc1ccc(O)cc1. The molecule has 0 heterocycles. The van der Waals surface area contributed by atoms with Gasteiger partial charge in [-0.3, -0.25) is 4.79 Å². The maximum Gasteiger partial charge on any atom is 0.220 e. The van der Waals surface area contributed by atoms with E-state index in [0.717, 1.165) is 19.4 Å². The molecule has 0 fully saturated rings. The molecule has 0 saturated carbocycles. The lowest BCUT2D eigenvalue weighted by molar-refractivity contribution is -0.121. The van der Waals surface area contributed by atoms with E-state index in [1.807, 2.05) is 0 Å². The summed E-state index contributed by atoms with van der Waals surface area (Å²) in [7, 11) is 0. The molecule has 5 nitrogen and oxygen atoms in total. The Morgan fingerprint density at radius 2 is 1.17 bits per heavy atom. The average molecular weight is 492 g/mol. The zero-order valence-corrected chi connectivity index (χ0v) is 22.5. The molecular weight excluding hydrogens is 438 g/mol. The number of unbranched alkanes of at least 4 members (excludes halogenated alkanes) is 15. The van der Waals surface area contributed by atoms with Crippen molar-refractivity contribution in [3.05, 3.63) is 24.3 Å². The number of hydrogen-bond donors (Lipinski definition) is 2. The summed E-state index contributed by atoms with van der Waals surface area (Å²) in [6.45, 7) is 4.62. The molecule has 2 N–H and O–H groups in total. The second-order valence-corrected chi connectivity index (χ2v) is 9.71. The molecule has 0 aromatic heterocycles. The molecule has 0 aliphatic rings. The van der Waals surface area contributed by atoms with Crippen molar-refractivity contribution < 1.29 is 19.4 Å². The standard InChI is InChI=1S/C30H53NO4/c1-2-3-4-5-6-7-8-9-10-11-12-13-14-15-16-17-25-34-26-18-19-30(33)31-24-27-35-29-22-20-28(32)21-23-29/h20-23,32H,2-19,24-27H2,1H3,(H,31,33). The van der Waals surface area contributed by atoms with Crippen molar-refractivity contribution in [2.75, 3.05) is 26.4 Å². The first kappa shape index (κ1) is 31.3. The van der Waals surface area contributed by atoms with Gasteiger partial charge in [0.05, 0.1) is 6.54 Å². The lowest BCUT2D eigenvalue weighted by atomic mass is 10.0. The maximum atomic E-state index is 11.8. The number of nitrogens with one attached hydrogen (secondary N) is 1. The molecule has 0 aliphatic carbocycles. The van der Waals surface area contributed by atoms with Crippen LogP contribution < -0.4 is 10.1 Å². The van der Waals surface area contributed by atoms with Crippen molar-refractivity contribution in [3.8, 4) is 11.5 Å². The molecule has 0 atom stereocenters. The fourth-order valence-corrected chi connectivity index (χ4v) is 4.18. The number of aromatic hydroxyl groups is 1. The summed E-state index contributed by atoms with van der Waals surface area (Å²) >= 11 is 0. The fourth-order valence-electron chi connectivity index (χ4n) is 4.18. The second-order valence-electron chi connectivity index (χ2n) is 9.71. The second kappa shape index (κ2) is 24.0. The van der Waals surface area contributed by atoms with Crippen LogP contribution in [0.3, 0.4) is 0 Å².